The van der Waals surface area contributed by atoms with Crippen LogP contribution >= 0.6 is 11.3 Å². The Labute approximate surface area is 128 Å². The second-order valence-corrected chi connectivity index (χ2v) is 7.37. The number of likely N-dealkylation sites (tertiary alicyclic amines) is 1. The molecular weight excluding hydrogens is 288 g/mol. The molecule has 2 rings (SSSR count). The fourth-order valence-electron chi connectivity index (χ4n) is 2.22. The lowest BCUT2D eigenvalue weighted by Gasteiger charge is -2.14. The molecule has 1 fully saturated rings. The lowest BCUT2D eigenvalue weighted by atomic mass is 9.98. The summed E-state index contributed by atoms with van der Waals surface area (Å²) in [5.74, 6) is -0.366. The molecule has 1 aromatic heterocycles. The van der Waals surface area contributed by atoms with Gasteiger partial charge < -0.3 is 10.2 Å². The van der Waals surface area contributed by atoms with Crippen molar-refractivity contribution < 1.29 is 9.59 Å². The highest BCUT2D eigenvalue weighted by Gasteiger charge is 2.34. The van der Waals surface area contributed by atoms with Gasteiger partial charge in [-0.05, 0) is 6.42 Å². The smallest absolute Gasteiger partial charge is 0.231 e. The van der Waals surface area contributed by atoms with Crippen LogP contribution in [-0.4, -0.2) is 40.0 Å². The van der Waals surface area contributed by atoms with E-state index in [9.17, 15) is 9.59 Å². The van der Waals surface area contributed by atoms with Gasteiger partial charge in [0, 0.05) is 24.9 Å². The Morgan fingerprint density at radius 2 is 2.14 bits per heavy atom. The Hall–Kier alpha value is -1.50. The fourth-order valence-corrected chi connectivity index (χ4v) is 3.02. The van der Waals surface area contributed by atoms with E-state index in [1.165, 1.54) is 11.3 Å². The zero-order valence-electron chi connectivity index (χ0n) is 13.0. The van der Waals surface area contributed by atoms with Crippen molar-refractivity contribution in [2.45, 2.75) is 46.0 Å². The fraction of sp³-hybridized carbons (Fsp3) is 0.714. The van der Waals surface area contributed by atoms with Crippen molar-refractivity contribution in [1.29, 1.82) is 0 Å². The van der Waals surface area contributed by atoms with Crippen LogP contribution < -0.4 is 5.32 Å². The van der Waals surface area contributed by atoms with Crippen molar-refractivity contribution in [3.8, 4) is 0 Å². The molecule has 6 nitrogen and oxygen atoms in total. The maximum Gasteiger partial charge on any atom is 0.231 e. The van der Waals surface area contributed by atoms with Gasteiger partial charge in [-0.2, -0.15) is 0 Å². The first kappa shape index (κ1) is 15.9. The van der Waals surface area contributed by atoms with Gasteiger partial charge in [0.25, 0.3) is 0 Å². The van der Waals surface area contributed by atoms with Crippen LogP contribution in [0.5, 0.6) is 0 Å². The van der Waals surface area contributed by atoms with Crippen LogP contribution in [0.1, 0.15) is 45.5 Å². The molecule has 1 aromatic rings. The summed E-state index contributed by atoms with van der Waals surface area (Å²) < 4.78 is 0. The third-order valence-corrected chi connectivity index (χ3v) is 4.64. The number of nitrogens with zero attached hydrogens (tertiary/aromatic N) is 3. The van der Waals surface area contributed by atoms with Gasteiger partial charge in [0.1, 0.15) is 5.01 Å². The molecule has 0 saturated carbocycles. The van der Waals surface area contributed by atoms with E-state index in [2.05, 4.69) is 36.3 Å². The molecule has 1 aliphatic rings. The average molecular weight is 310 g/mol. The Morgan fingerprint density at radius 1 is 1.43 bits per heavy atom. The summed E-state index contributed by atoms with van der Waals surface area (Å²) >= 11 is 1.39. The predicted molar refractivity (Wildman–Crippen MR) is 82.2 cm³/mol. The number of nitrogens with one attached hydrogen (secondary N) is 1. The van der Waals surface area contributed by atoms with Crippen LogP contribution in [0.3, 0.4) is 0 Å². The zero-order valence-corrected chi connectivity index (χ0v) is 13.8. The first-order valence-electron chi connectivity index (χ1n) is 7.24. The van der Waals surface area contributed by atoms with Crippen LogP contribution in [-0.2, 0) is 15.0 Å². The summed E-state index contributed by atoms with van der Waals surface area (Å²) in [5, 5.41) is 12.3. The topological polar surface area (TPSA) is 75.2 Å². The van der Waals surface area contributed by atoms with E-state index >= 15 is 0 Å². The van der Waals surface area contributed by atoms with E-state index in [0.717, 1.165) is 18.0 Å². The Balaban J connectivity index is 1.96. The van der Waals surface area contributed by atoms with Gasteiger partial charge in [0.15, 0.2) is 0 Å². The van der Waals surface area contributed by atoms with Gasteiger partial charge in [-0.3, -0.25) is 9.59 Å². The summed E-state index contributed by atoms with van der Waals surface area (Å²) in [4.78, 5) is 25.8. The second-order valence-electron chi connectivity index (χ2n) is 6.39. The van der Waals surface area contributed by atoms with Crippen molar-refractivity contribution in [2.75, 3.05) is 18.4 Å². The monoisotopic (exact) mass is 310 g/mol. The van der Waals surface area contributed by atoms with Gasteiger partial charge in [0.2, 0.25) is 16.9 Å². The Bertz CT molecular complexity index is 535. The van der Waals surface area contributed by atoms with Crippen molar-refractivity contribution in [2.24, 2.45) is 5.92 Å². The molecule has 1 saturated heterocycles. The predicted octanol–water partition coefficient (Wildman–Crippen LogP) is 2.03. The van der Waals surface area contributed by atoms with E-state index in [-0.39, 0.29) is 29.6 Å². The average Bonchev–Trinajstić information content (AvgIpc) is 2.97. The molecule has 0 aliphatic carbocycles. The van der Waals surface area contributed by atoms with Gasteiger partial charge in [0.05, 0.1) is 5.92 Å². The standard InChI is InChI=1S/C14H22N4O2S/c1-5-6-18-8-9(7-10(18)19)11(20)15-13-17-16-12(21-13)14(2,3)4/h9H,5-8H2,1-4H3,(H,15,17,20). The summed E-state index contributed by atoms with van der Waals surface area (Å²) in [5.41, 5.74) is -0.0815. The minimum atomic E-state index is -0.286. The quantitative estimate of drug-likeness (QED) is 0.923. The highest BCUT2D eigenvalue weighted by Crippen LogP contribution is 2.28. The Morgan fingerprint density at radius 3 is 2.71 bits per heavy atom. The molecule has 1 N–H and O–H groups in total. The van der Waals surface area contributed by atoms with Crippen molar-refractivity contribution in [3.05, 3.63) is 5.01 Å². The van der Waals surface area contributed by atoms with E-state index in [4.69, 9.17) is 0 Å². The third-order valence-electron chi connectivity index (χ3n) is 3.38. The summed E-state index contributed by atoms with van der Waals surface area (Å²) in [6, 6.07) is 0. The molecule has 0 aromatic carbocycles. The zero-order chi connectivity index (χ0) is 15.6. The SMILES string of the molecule is CCCN1CC(C(=O)Nc2nnc(C(C)(C)C)s2)CC1=O. The van der Waals surface area contributed by atoms with Crippen LogP contribution in [0.25, 0.3) is 0 Å². The highest BCUT2D eigenvalue weighted by molar-refractivity contribution is 7.15. The number of hydrogen-bond acceptors (Lipinski definition) is 5. The van der Waals surface area contributed by atoms with E-state index in [1.54, 1.807) is 4.90 Å². The van der Waals surface area contributed by atoms with Crippen molar-refractivity contribution in [3.63, 3.8) is 0 Å². The molecule has 0 radical (unpaired) electrons. The number of carbonyl (C=O) groups excluding carboxylic acids is 2. The van der Waals surface area contributed by atoms with Crippen LogP contribution in [0.15, 0.2) is 0 Å². The molecule has 2 amide bonds. The van der Waals surface area contributed by atoms with Crippen molar-refractivity contribution >= 4 is 28.3 Å². The number of aromatic nitrogens is 2. The molecule has 1 aliphatic heterocycles. The van der Waals surface area contributed by atoms with Crippen LogP contribution in [0.2, 0.25) is 0 Å². The first-order valence-corrected chi connectivity index (χ1v) is 8.05. The van der Waals surface area contributed by atoms with E-state index < -0.39 is 0 Å². The summed E-state index contributed by atoms with van der Waals surface area (Å²) in [6.07, 6.45) is 1.20. The maximum absolute atomic E-state index is 12.2. The first-order chi connectivity index (χ1) is 9.81. The highest BCUT2D eigenvalue weighted by atomic mass is 32.1. The summed E-state index contributed by atoms with van der Waals surface area (Å²) in [6.45, 7) is 9.40. The molecule has 21 heavy (non-hydrogen) atoms. The lowest BCUT2D eigenvalue weighted by Crippen LogP contribution is -2.28. The molecular formula is C14H22N4O2S. The van der Waals surface area contributed by atoms with E-state index in [0.29, 0.717) is 11.7 Å². The molecule has 1 unspecified atom stereocenters. The van der Waals surface area contributed by atoms with Crippen LogP contribution in [0, 0.1) is 5.92 Å². The number of anilines is 1. The normalized spacial score (nSPS) is 19.1. The Kier molecular flexibility index (Phi) is 4.61. The van der Waals surface area contributed by atoms with Crippen molar-refractivity contribution in [1.82, 2.24) is 15.1 Å². The molecule has 1 atom stereocenters. The third kappa shape index (κ3) is 3.78. The number of carbonyl (C=O) groups is 2. The minimum absolute atomic E-state index is 0.0599. The number of rotatable bonds is 4. The lowest BCUT2D eigenvalue weighted by molar-refractivity contribution is -0.128. The van der Waals surface area contributed by atoms with Gasteiger partial charge >= 0.3 is 0 Å². The molecule has 116 valence electrons. The number of amides is 2. The molecule has 2 heterocycles. The molecule has 7 heteroatoms. The molecule has 0 spiro atoms. The van der Waals surface area contributed by atoms with E-state index in [1.807, 2.05) is 6.92 Å². The minimum Gasteiger partial charge on any atom is -0.342 e. The second kappa shape index (κ2) is 6.09. The number of hydrogen-bond donors (Lipinski definition) is 1. The van der Waals surface area contributed by atoms with Gasteiger partial charge in [-0.1, -0.05) is 39.0 Å². The summed E-state index contributed by atoms with van der Waals surface area (Å²) in [7, 11) is 0. The van der Waals surface area contributed by atoms with Crippen LogP contribution in [0.4, 0.5) is 5.13 Å². The molecule has 0 bridgehead atoms. The largest absolute Gasteiger partial charge is 0.342 e. The maximum atomic E-state index is 12.2. The van der Waals surface area contributed by atoms with Gasteiger partial charge in [-0.15, -0.1) is 10.2 Å². The van der Waals surface area contributed by atoms with Gasteiger partial charge in [-0.25, -0.2) is 0 Å².